The number of anilines is 1. The van der Waals surface area contributed by atoms with E-state index in [-0.39, 0.29) is 28.4 Å². The summed E-state index contributed by atoms with van der Waals surface area (Å²) in [6.45, 7) is 0. The van der Waals surface area contributed by atoms with Gasteiger partial charge in [0, 0.05) is 5.02 Å². The van der Waals surface area contributed by atoms with E-state index >= 15 is 0 Å². The minimum atomic E-state index is -0.825. The lowest BCUT2D eigenvalue weighted by Crippen LogP contribution is -2.14. The van der Waals surface area contributed by atoms with Crippen LogP contribution in [-0.2, 0) is 4.79 Å². The Morgan fingerprint density at radius 3 is 2.29 bits per heavy atom. The first-order valence-electron chi connectivity index (χ1n) is 9.64. The summed E-state index contributed by atoms with van der Waals surface area (Å²) >= 11 is 5.80. The Hall–Kier alpha value is -4.68. The second kappa shape index (κ2) is 10.8. The number of nitro benzene ring substituents is 1. The van der Waals surface area contributed by atoms with Crippen LogP contribution in [0.4, 0.5) is 11.4 Å². The summed E-state index contributed by atoms with van der Waals surface area (Å²) in [6.07, 6.45) is 1.30. The molecule has 0 aliphatic heterocycles. The number of halogens is 1. The molecule has 0 saturated heterocycles. The minimum Gasteiger partial charge on any atom is -0.496 e. The number of benzene rings is 3. The highest BCUT2D eigenvalue weighted by Gasteiger charge is 2.19. The van der Waals surface area contributed by atoms with Crippen LogP contribution < -0.4 is 14.8 Å². The van der Waals surface area contributed by atoms with E-state index in [1.807, 2.05) is 0 Å². The average molecular weight is 478 g/mol. The normalized spacial score (nSPS) is 10.7. The summed E-state index contributed by atoms with van der Waals surface area (Å²) < 4.78 is 10.2. The number of amides is 1. The second-order valence-electron chi connectivity index (χ2n) is 6.73. The topological polar surface area (TPSA) is 132 Å². The summed E-state index contributed by atoms with van der Waals surface area (Å²) in [7, 11) is 1.36. The second-order valence-corrected chi connectivity index (χ2v) is 7.17. The molecule has 0 aliphatic carbocycles. The first-order valence-corrected chi connectivity index (χ1v) is 10.0. The van der Waals surface area contributed by atoms with Crippen LogP contribution in [0.2, 0.25) is 5.02 Å². The molecule has 0 fully saturated rings. The molecule has 0 bridgehead atoms. The molecule has 0 unspecified atom stereocenters. The number of carbonyl (C=O) groups excluding carboxylic acids is 2. The molecule has 9 nitrogen and oxygen atoms in total. The number of methoxy groups -OCH3 is 1. The molecule has 3 rings (SSSR count). The minimum absolute atomic E-state index is 0.0820. The van der Waals surface area contributed by atoms with Crippen molar-refractivity contribution >= 4 is 40.9 Å². The van der Waals surface area contributed by atoms with Gasteiger partial charge < -0.3 is 14.8 Å². The maximum Gasteiger partial charge on any atom is 0.343 e. The van der Waals surface area contributed by atoms with Crippen molar-refractivity contribution in [3.8, 4) is 17.6 Å². The zero-order chi connectivity index (χ0) is 24.7. The molecular formula is C24H16ClN3O6. The van der Waals surface area contributed by atoms with Crippen molar-refractivity contribution in [2.75, 3.05) is 12.4 Å². The summed E-state index contributed by atoms with van der Waals surface area (Å²) in [6, 6.07) is 18.0. The van der Waals surface area contributed by atoms with Crippen LogP contribution in [0.25, 0.3) is 6.08 Å². The Balaban J connectivity index is 1.73. The Kier molecular flexibility index (Phi) is 7.59. The Morgan fingerprint density at radius 2 is 1.71 bits per heavy atom. The number of ether oxygens (including phenoxy) is 2. The van der Waals surface area contributed by atoms with E-state index in [0.29, 0.717) is 16.1 Å². The molecule has 10 heteroatoms. The molecule has 0 radical (unpaired) electrons. The SMILES string of the molecule is COc1ccc(NC(=O)/C(C#N)=C/c2ccc(OC(=O)c3ccc(Cl)cc3)cc2)c([N+](=O)[O-])c1. The lowest BCUT2D eigenvalue weighted by molar-refractivity contribution is -0.384. The van der Waals surface area contributed by atoms with Crippen molar-refractivity contribution in [3.63, 3.8) is 0 Å². The van der Waals surface area contributed by atoms with Gasteiger partial charge in [-0.2, -0.15) is 5.26 Å². The van der Waals surface area contributed by atoms with E-state index < -0.39 is 16.8 Å². The first-order chi connectivity index (χ1) is 16.3. The number of carbonyl (C=O) groups is 2. The number of rotatable bonds is 7. The number of nitro groups is 1. The maximum absolute atomic E-state index is 12.5. The van der Waals surface area contributed by atoms with Gasteiger partial charge in [0.2, 0.25) is 0 Å². The lowest BCUT2D eigenvalue weighted by atomic mass is 10.1. The van der Waals surface area contributed by atoms with Gasteiger partial charge in [-0.1, -0.05) is 23.7 Å². The fourth-order valence-electron chi connectivity index (χ4n) is 2.78. The van der Waals surface area contributed by atoms with Gasteiger partial charge in [-0.3, -0.25) is 14.9 Å². The molecule has 3 aromatic carbocycles. The van der Waals surface area contributed by atoms with Crippen molar-refractivity contribution in [2.24, 2.45) is 0 Å². The van der Waals surface area contributed by atoms with Gasteiger partial charge in [0.25, 0.3) is 11.6 Å². The van der Waals surface area contributed by atoms with Crippen molar-refractivity contribution < 1.29 is 24.0 Å². The van der Waals surface area contributed by atoms with E-state index in [1.165, 1.54) is 49.6 Å². The van der Waals surface area contributed by atoms with E-state index in [0.717, 1.165) is 6.07 Å². The van der Waals surface area contributed by atoms with Gasteiger partial charge in [-0.15, -0.1) is 0 Å². The van der Waals surface area contributed by atoms with Crippen molar-refractivity contribution in [3.05, 3.63) is 98.6 Å². The number of hydrogen-bond acceptors (Lipinski definition) is 7. The Morgan fingerprint density at radius 1 is 1.06 bits per heavy atom. The third-order valence-corrected chi connectivity index (χ3v) is 4.75. The monoisotopic (exact) mass is 477 g/mol. The van der Waals surface area contributed by atoms with Crippen LogP contribution in [0.15, 0.2) is 72.3 Å². The highest BCUT2D eigenvalue weighted by Crippen LogP contribution is 2.29. The van der Waals surface area contributed by atoms with Crippen molar-refractivity contribution in [2.45, 2.75) is 0 Å². The molecule has 0 heterocycles. The third-order valence-electron chi connectivity index (χ3n) is 4.50. The molecule has 0 atom stereocenters. The van der Waals surface area contributed by atoms with Crippen molar-refractivity contribution in [1.29, 1.82) is 5.26 Å². The van der Waals surface area contributed by atoms with Crippen molar-refractivity contribution in [1.82, 2.24) is 0 Å². The molecule has 0 aliphatic rings. The number of nitrogens with zero attached hydrogens (tertiary/aromatic N) is 2. The van der Waals surface area contributed by atoms with Gasteiger partial charge in [-0.25, -0.2) is 4.79 Å². The standard InChI is InChI=1S/C24H16ClN3O6/c1-33-20-10-11-21(22(13-20)28(31)32)27-23(29)17(14-26)12-15-2-8-19(9-3-15)34-24(30)16-4-6-18(25)7-5-16/h2-13H,1H3,(H,27,29)/b17-12+. The molecule has 3 aromatic rings. The molecule has 1 N–H and O–H groups in total. The molecule has 1 amide bonds. The summed E-state index contributed by atoms with van der Waals surface area (Å²) in [5.74, 6) is -0.890. The lowest BCUT2D eigenvalue weighted by Gasteiger charge is -2.07. The Labute approximate surface area is 198 Å². The first kappa shape index (κ1) is 24.0. The molecule has 170 valence electrons. The van der Waals surface area contributed by atoms with Gasteiger partial charge in [0.1, 0.15) is 28.8 Å². The van der Waals surface area contributed by atoms with Crippen LogP contribution in [0, 0.1) is 21.4 Å². The highest BCUT2D eigenvalue weighted by atomic mass is 35.5. The number of nitriles is 1. The smallest absolute Gasteiger partial charge is 0.343 e. The van der Waals surface area contributed by atoms with E-state index in [4.69, 9.17) is 21.1 Å². The fourth-order valence-corrected chi connectivity index (χ4v) is 2.91. The largest absolute Gasteiger partial charge is 0.496 e. The third kappa shape index (κ3) is 5.97. The number of hydrogen-bond donors (Lipinski definition) is 1. The Bertz CT molecular complexity index is 1310. The quantitative estimate of drug-likeness (QED) is 0.126. The van der Waals surface area contributed by atoms with Gasteiger partial charge in [0.05, 0.1) is 23.7 Å². The highest BCUT2D eigenvalue weighted by molar-refractivity contribution is 6.30. The van der Waals surface area contributed by atoms with E-state index in [2.05, 4.69) is 5.32 Å². The zero-order valence-corrected chi connectivity index (χ0v) is 18.4. The zero-order valence-electron chi connectivity index (χ0n) is 17.7. The number of esters is 1. The van der Waals surface area contributed by atoms with Crippen LogP contribution in [-0.4, -0.2) is 23.9 Å². The molecular weight excluding hydrogens is 462 g/mol. The summed E-state index contributed by atoms with van der Waals surface area (Å²) in [4.78, 5) is 35.3. The van der Waals surface area contributed by atoms with E-state index in [9.17, 15) is 25.0 Å². The molecule has 0 saturated carbocycles. The van der Waals surface area contributed by atoms with Crippen LogP contribution in [0.3, 0.4) is 0 Å². The predicted molar refractivity (Wildman–Crippen MR) is 125 cm³/mol. The van der Waals surface area contributed by atoms with Crippen LogP contribution in [0.1, 0.15) is 15.9 Å². The summed E-state index contributed by atoms with van der Waals surface area (Å²) in [5, 5.41) is 23.6. The number of nitrogens with one attached hydrogen (secondary N) is 1. The molecule has 0 aromatic heterocycles. The fraction of sp³-hybridized carbons (Fsp3) is 0.0417. The van der Waals surface area contributed by atoms with Gasteiger partial charge >= 0.3 is 5.97 Å². The van der Waals surface area contributed by atoms with E-state index in [1.54, 1.807) is 30.3 Å². The van der Waals surface area contributed by atoms with Gasteiger partial charge in [-0.05, 0) is 60.2 Å². The van der Waals surface area contributed by atoms with Crippen LogP contribution in [0.5, 0.6) is 11.5 Å². The molecule has 34 heavy (non-hydrogen) atoms. The van der Waals surface area contributed by atoms with Gasteiger partial charge in [0.15, 0.2) is 0 Å². The summed E-state index contributed by atoms with van der Waals surface area (Å²) in [5.41, 5.74) is 0.0564. The molecule has 0 spiro atoms. The predicted octanol–water partition coefficient (Wildman–Crippen LogP) is 5.02. The maximum atomic E-state index is 12.5. The van der Waals surface area contributed by atoms with Crippen LogP contribution >= 0.6 is 11.6 Å². The average Bonchev–Trinajstić information content (AvgIpc) is 2.83.